The van der Waals surface area contributed by atoms with Gasteiger partial charge in [0.25, 0.3) is 6.71 Å². The summed E-state index contributed by atoms with van der Waals surface area (Å²) in [6.07, 6.45) is 34.5. The normalized spacial score (nSPS) is 34.7. The second kappa shape index (κ2) is 15.1. The molecule has 0 aromatic carbocycles. The zero-order chi connectivity index (χ0) is 50.7. The van der Waals surface area contributed by atoms with E-state index in [2.05, 4.69) is 177 Å². The number of fused-ring (bicyclic) bond motifs is 8. The highest BCUT2D eigenvalue weighted by atomic mass is 16.3. The van der Waals surface area contributed by atoms with Gasteiger partial charge in [-0.15, -0.1) is 0 Å². The van der Waals surface area contributed by atoms with Gasteiger partial charge in [-0.2, -0.15) is 0 Å². The first-order valence-electron chi connectivity index (χ1n) is 29.2. The van der Waals surface area contributed by atoms with Gasteiger partial charge in [-0.25, -0.2) is 0 Å². The van der Waals surface area contributed by atoms with E-state index >= 15 is 0 Å². The van der Waals surface area contributed by atoms with E-state index in [4.69, 9.17) is 4.42 Å². The monoisotopic (exact) mass is 953 g/mol. The van der Waals surface area contributed by atoms with E-state index in [1.165, 1.54) is 91.0 Å². The van der Waals surface area contributed by atoms with Crippen LogP contribution in [0.1, 0.15) is 213 Å². The molecule has 3 nitrogen and oxygen atoms in total. The molecular formula is C67H93BN2O. The first-order chi connectivity index (χ1) is 33.0. The molecule has 0 spiro atoms. The van der Waals surface area contributed by atoms with E-state index in [1.807, 2.05) is 0 Å². The Kier molecular flexibility index (Phi) is 10.4. The van der Waals surface area contributed by atoms with Gasteiger partial charge in [0.1, 0.15) is 5.76 Å². The van der Waals surface area contributed by atoms with E-state index in [1.54, 1.807) is 44.5 Å². The van der Waals surface area contributed by atoms with Crippen molar-refractivity contribution in [2.24, 2.45) is 67.0 Å². The lowest BCUT2D eigenvalue weighted by Gasteiger charge is -2.57. The summed E-state index contributed by atoms with van der Waals surface area (Å²) in [5, 5.41) is 0. The van der Waals surface area contributed by atoms with Crippen LogP contribution >= 0.6 is 0 Å². The largest absolute Gasteiger partial charge is 0.468 e. The summed E-state index contributed by atoms with van der Waals surface area (Å²) in [7, 11) is 0. The minimum atomic E-state index is 0.0853. The molecule has 2 aliphatic heterocycles. The quantitative estimate of drug-likeness (QED) is 0.282. The number of anilines is 1. The molecule has 3 saturated carbocycles. The summed E-state index contributed by atoms with van der Waals surface area (Å²) in [5.74, 6) is 3.20. The van der Waals surface area contributed by atoms with Crippen LogP contribution in [0.5, 0.6) is 0 Å². The van der Waals surface area contributed by atoms with Crippen LogP contribution in [0.4, 0.5) is 5.69 Å². The van der Waals surface area contributed by atoms with Crippen molar-refractivity contribution in [3.8, 4) is 0 Å². The number of allylic oxidation sites excluding steroid dienone is 11. The predicted molar refractivity (Wildman–Crippen MR) is 301 cm³/mol. The molecule has 380 valence electrons. The first-order valence-corrected chi connectivity index (χ1v) is 29.2. The highest BCUT2D eigenvalue weighted by Gasteiger charge is 2.59. The summed E-state index contributed by atoms with van der Waals surface area (Å²) >= 11 is 0. The maximum atomic E-state index is 7.91. The Morgan fingerprint density at radius 1 is 0.620 bits per heavy atom. The zero-order valence-corrected chi connectivity index (χ0v) is 48.1. The number of rotatable bonds is 3. The average Bonchev–Trinajstić information content (AvgIpc) is 3.67. The zero-order valence-electron chi connectivity index (χ0n) is 48.1. The molecule has 3 heterocycles. The van der Waals surface area contributed by atoms with Crippen molar-refractivity contribution in [3.05, 3.63) is 109 Å². The highest BCUT2D eigenvalue weighted by molar-refractivity contribution is 6.88. The second-order valence-electron chi connectivity index (χ2n) is 31.1. The van der Waals surface area contributed by atoms with Crippen LogP contribution < -0.4 is 10.6 Å². The van der Waals surface area contributed by atoms with Crippen molar-refractivity contribution in [2.45, 2.75) is 220 Å². The smallest absolute Gasteiger partial charge is 0.292 e. The average molecular weight is 953 g/mol. The molecule has 9 aliphatic carbocycles. The molecule has 12 rings (SSSR count). The van der Waals surface area contributed by atoms with Crippen molar-refractivity contribution in [1.82, 2.24) is 4.90 Å². The molecule has 11 aliphatic rings. The fourth-order valence-corrected chi connectivity index (χ4v) is 17.6. The lowest BCUT2D eigenvalue weighted by molar-refractivity contribution is 0.0310. The van der Waals surface area contributed by atoms with Crippen LogP contribution in [-0.4, -0.2) is 23.7 Å². The van der Waals surface area contributed by atoms with E-state index in [-0.39, 0.29) is 62.1 Å². The third-order valence-electron chi connectivity index (χ3n) is 23.2. The maximum absolute atomic E-state index is 7.91. The molecule has 0 radical (unpaired) electrons. The van der Waals surface area contributed by atoms with Crippen molar-refractivity contribution in [3.63, 3.8) is 0 Å². The molecule has 0 saturated heterocycles. The third kappa shape index (κ3) is 6.98. The molecule has 1 aromatic rings. The molecule has 71 heavy (non-hydrogen) atoms. The minimum absolute atomic E-state index is 0.0853. The van der Waals surface area contributed by atoms with Gasteiger partial charge in [-0.1, -0.05) is 170 Å². The summed E-state index contributed by atoms with van der Waals surface area (Å²) in [6, 6.07) is 0.480. The molecule has 0 bridgehead atoms. The van der Waals surface area contributed by atoms with Gasteiger partial charge in [-0.3, -0.25) is 0 Å². The Labute approximate surface area is 432 Å². The summed E-state index contributed by atoms with van der Waals surface area (Å²) in [4.78, 5) is 5.98. The molecular weight excluding hydrogens is 860 g/mol. The Bertz CT molecular complexity index is 2820. The number of nitrogens with zero attached hydrogens (tertiary/aromatic N) is 2. The van der Waals surface area contributed by atoms with Crippen LogP contribution in [-0.2, 0) is 6.42 Å². The molecule has 0 amide bonds. The van der Waals surface area contributed by atoms with Gasteiger partial charge in [0.05, 0.1) is 17.4 Å². The van der Waals surface area contributed by atoms with Crippen molar-refractivity contribution < 1.29 is 4.42 Å². The molecule has 6 atom stereocenters. The van der Waals surface area contributed by atoms with Gasteiger partial charge in [0, 0.05) is 28.7 Å². The van der Waals surface area contributed by atoms with Gasteiger partial charge in [0.15, 0.2) is 0 Å². The number of hydrogen-bond donors (Lipinski definition) is 0. The number of hydrogen-bond acceptors (Lipinski definition) is 3. The van der Waals surface area contributed by atoms with Crippen LogP contribution in [0.2, 0.25) is 0 Å². The molecule has 1 aromatic heterocycles. The van der Waals surface area contributed by atoms with E-state index in [9.17, 15) is 0 Å². The summed E-state index contributed by atoms with van der Waals surface area (Å²) in [5.41, 5.74) is 23.3. The predicted octanol–water partition coefficient (Wildman–Crippen LogP) is 17.4. The van der Waals surface area contributed by atoms with Crippen molar-refractivity contribution in [1.29, 1.82) is 0 Å². The third-order valence-corrected chi connectivity index (χ3v) is 23.2. The van der Waals surface area contributed by atoms with Gasteiger partial charge in [0.2, 0.25) is 0 Å². The molecule has 6 unspecified atom stereocenters. The van der Waals surface area contributed by atoms with E-state index < -0.39 is 0 Å². The fraction of sp³-hybridized carbons (Fsp3) is 0.672. The maximum Gasteiger partial charge on any atom is 0.292 e. The summed E-state index contributed by atoms with van der Waals surface area (Å²) < 4.78 is 7.91. The van der Waals surface area contributed by atoms with Gasteiger partial charge < -0.3 is 14.2 Å². The lowest BCUT2D eigenvalue weighted by Crippen LogP contribution is -2.61. The highest BCUT2D eigenvalue weighted by Crippen LogP contribution is 2.64. The lowest BCUT2D eigenvalue weighted by atomic mass is 9.31. The Hall–Kier alpha value is -3.40. The van der Waals surface area contributed by atoms with E-state index in [0.29, 0.717) is 23.7 Å². The Balaban J connectivity index is 1.14. The van der Waals surface area contributed by atoms with Crippen LogP contribution in [0.15, 0.2) is 102 Å². The van der Waals surface area contributed by atoms with Gasteiger partial charge in [-0.05, 0) is 192 Å². The second-order valence-corrected chi connectivity index (χ2v) is 31.1. The van der Waals surface area contributed by atoms with E-state index in [0.717, 1.165) is 32.1 Å². The van der Waals surface area contributed by atoms with Crippen LogP contribution in [0.3, 0.4) is 0 Å². The van der Waals surface area contributed by atoms with Crippen molar-refractivity contribution in [2.75, 3.05) is 4.90 Å². The topological polar surface area (TPSA) is 19.6 Å². The molecule has 4 heteroatoms. The minimum Gasteiger partial charge on any atom is -0.468 e. The van der Waals surface area contributed by atoms with Crippen molar-refractivity contribution >= 4 is 24.1 Å². The molecule has 3 fully saturated rings. The Morgan fingerprint density at radius 2 is 1.20 bits per heavy atom. The number of furan rings is 1. The fourth-order valence-electron chi connectivity index (χ4n) is 17.6. The first kappa shape index (κ1) is 48.5. The van der Waals surface area contributed by atoms with Gasteiger partial charge >= 0.3 is 0 Å². The van der Waals surface area contributed by atoms with Crippen LogP contribution in [0, 0.1) is 67.0 Å². The Morgan fingerprint density at radius 3 is 1.85 bits per heavy atom. The standard InChI is InChI=1S/C67H93BN2O/c1-19-40-31-54-57-55(32-40)70(52-36-48-44(30-39(52)2)61(5,6)24-27-65(48,13)14)53-37-49-47(64(11,12)26-28-66(49,15)16)35-51(53)68(57)59-58(42-34-46-50(38-56(42)71-59)67(17,18)29-25-63(46,9)10)69(54)41-20-21-43-45(33-41)62(7,8)23-22-60(43,3)4/h20-21,30,32,35-36,38,41,44,46,48-49,54H,19,22-29,31,33-34,37H2,1-18H3. The molecule has 0 N–H and O–H groups in total. The summed E-state index contributed by atoms with van der Waals surface area (Å²) in [6.45, 7) is 46.0. The SMILES string of the molecule is CCC1=CC2=C3B(C4=C(CC5C(=C4)C(C)(C)CCC5(C)C)N2C2=CC4C(C=C2C)C(C)(C)CCC4(C)C)c2oc4c(c2N(C2C=CC5=C(C2)C(C)(C)CCC5(C)C)C3C1)CC1C(=C4)C(C)(C)CCC1(C)C. The van der Waals surface area contributed by atoms with Crippen LogP contribution in [0.25, 0.3) is 6.08 Å².